The van der Waals surface area contributed by atoms with Gasteiger partial charge >= 0.3 is 0 Å². The Morgan fingerprint density at radius 1 is 1.00 bits per heavy atom. The first-order valence-corrected chi connectivity index (χ1v) is 8.81. The van der Waals surface area contributed by atoms with Crippen molar-refractivity contribution in [2.24, 2.45) is 0 Å². The lowest BCUT2D eigenvalue weighted by molar-refractivity contribution is -0.357. The first kappa shape index (κ1) is 20.2. The van der Waals surface area contributed by atoms with Crippen LogP contribution in [0.1, 0.15) is 0 Å². The van der Waals surface area contributed by atoms with Crippen molar-refractivity contribution in [2.75, 3.05) is 18.4 Å². The van der Waals surface area contributed by atoms with Crippen molar-refractivity contribution in [3.05, 3.63) is 0 Å². The lowest BCUT2D eigenvalue weighted by Crippen LogP contribution is -2.61. The first-order valence-electron chi connectivity index (χ1n) is 6.87. The van der Waals surface area contributed by atoms with Gasteiger partial charge in [-0.05, 0) is 0 Å². The highest BCUT2D eigenvalue weighted by molar-refractivity contribution is 6.24. The second-order valence-electron chi connectivity index (χ2n) is 5.41. The van der Waals surface area contributed by atoms with Crippen LogP contribution in [0.3, 0.4) is 0 Å². The molecule has 0 radical (unpaired) electrons. The van der Waals surface area contributed by atoms with Crippen LogP contribution in [-0.2, 0) is 14.2 Å². The Bertz CT molecular complexity index is 404. The predicted octanol–water partition coefficient (Wildman–Crippen LogP) is -0.410. The summed E-state index contributed by atoms with van der Waals surface area (Å²) < 4.78 is 16.4. The lowest BCUT2D eigenvalue weighted by Gasteiger charge is -2.43. The van der Waals surface area contributed by atoms with Gasteiger partial charge in [0, 0.05) is 0 Å². The fraction of sp³-hybridized carbons (Fsp3) is 1.00. The Morgan fingerprint density at radius 2 is 1.65 bits per heavy atom. The summed E-state index contributed by atoms with van der Waals surface area (Å²) >= 11 is 23.5. The largest absolute Gasteiger partial charge is 0.394 e. The number of hydrogen-bond acceptors (Lipinski definition) is 7. The van der Waals surface area contributed by atoms with E-state index in [1.807, 2.05) is 0 Å². The van der Waals surface area contributed by atoms with Gasteiger partial charge in [-0.15, -0.1) is 46.4 Å². The highest BCUT2D eigenvalue weighted by atomic mass is 35.5. The molecule has 0 saturated carbocycles. The molecule has 4 N–H and O–H groups in total. The van der Waals surface area contributed by atoms with Crippen LogP contribution >= 0.6 is 46.4 Å². The number of halogens is 4. The van der Waals surface area contributed by atoms with Crippen LogP contribution in [0.25, 0.3) is 0 Å². The third-order valence-electron chi connectivity index (χ3n) is 3.91. The van der Waals surface area contributed by atoms with E-state index in [1.54, 1.807) is 0 Å². The predicted molar refractivity (Wildman–Crippen MR) is 83.2 cm³/mol. The third kappa shape index (κ3) is 3.71. The molecule has 23 heavy (non-hydrogen) atoms. The van der Waals surface area contributed by atoms with E-state index in [0.717, 1.165) is 0 Å². The molecule has 2 fully saturated rings. The molecule has 9 atom stereocenters. The Hall–Kier alpha value is 0.880. The molecule has 2 aliphatic rings. The van der Waals surface area contributed by atoms with Gasteiger partial charge in [-0.25, -0.2) is 0 Å². The normalized spacial score (nSPS) is 51.1. The summed E-state index contributed by atoms with van der Waals surface area (Å²) in [4.78, 5) is 0. The average Bonchev–Trinajstić information content (AvgIpc) is 2.80. The average molecular weight is 416 g/mol. The SMILES string of the molecule is OC[C@H]1O[C@H](O[C@]2(CCl)O[C@H](CCl)[C@@H](Cl)[C@@H]2O)[C@H](O)[C@@H](O)[C@H]1Cl. The highest BCUT2D eigenvalue weighted by Crippen LogP contribution is 2.39. The van der Waals surface area contributed by atoms with Gasteiger partial charge in [0.15, 0.2) is 6.29 Å². The van der Waals surface area contributed by atoms with Crippen LogP contribution in [0, 0.1) is 0 Å². The lowest BCUT2D eigenvalue weighted by atomic mass is 10.0. The number of rotatable bonds is 5. The van der Waals surface area contributed by atoms with Gasteiger partial charge in [-0.3, -0.25) is 0 Å². The van der Waals surface area contributed by atoms with Crippen LogP contribution < -0.4 is 0 Å². The topological polar surface area (TPSA) is 109 Å². The second kappa shape index (κ2) is 8.05. The monoisotopic (exact) mass is 414 g/mol. The molecule has 0 aliphatic carbocycles. The molecule has 0 aromatic rings. The van der Waals surface area contributed by atoms with Crippen molar-refractivity contribution in [1.82, 2.24) is 0 Å². The van der Waals surface area contributed by atoms with Gasteiger partial charge < -0.3 is 34.6 Å². The number of hydrogen-bond donors (Lipinski definition) is 4. The van der Waals surface area contributed by atoms with Crippen molar-refractivity contribution in [3.8, 4) is 0 Å². The van der Waals surface area contributed by atoms with Crippen molar-refractivity contribution in [3.63, 3.8) is 0 Å². The molecule has 0 amide bonds. The quantitative estimate of drug-likeness (QED) is 0.452. The molecule has 0 bridgehead atoms. The summed E-state index contributed by atoms with van der Waals surface area (Å²) in [6.45, 7) is -0.502. The molecule has 2 aliphatic heterocycles. The molecule has 0 aromatic carbocycles. The van der Waals surface area contributed by atoms with Crippen LogP contribution in [0.15, 0.2) is 0 Å². The maximum Gasteiger partial charge on any atom is 0.213 e. The maximum absolute atomic E-state index is 10.3. The second-order valence-corrected chi connectivity index (χ2v) is 7.00. The van der Waals surface area contributed by atoms with Gasteiger partial charge in [-0.1, -0.05) is 0 Å². The number of aliphatic hydroxyl groups excluding tert-OH is 4. The Morgan fingerprint density at radius 3 is 2.13 bits per heavy atom. The van der Waals surface area contributed by atoms with Gasteiger partial charge in [0.05, 0.1) is 35.2 Å². The van der Waals surface area contributed by atoms with E-state index in [0.29, 0.717) is 0 Å². The van der Waals surface area contributed by atoms with Gasteiger partial charge in [0.1, 0.15) is 24.4 Å². The molecule has 0 unspecified atom stereocenters. The Balaban J connectivity index is 2.18. The highest BCUT2D eigenvalue weighted by Gasteiger charge is 2.57. The van der Waals surface area contributed by atoms with Gasteiger partial charge in [0.2, 0.25) is 5.79 Å². The molecule has 0 spiro atoms. The molecule has 2 rings (SSSR count). The molecule has 136 valence electrons. The minimum atomic E-state index is -1.78. The molecule has 7 nitrogen and oxygen atoms in total. The third-order valence-corrected chi connectivity index (χ3v) is 5.65. The summed E-state index contributed by atoms with van der Waals surface area (Å²) in [5, 5.41) is 37.6. The minimum absolute atomic E-state index is 0.00700. The van der Waals surface area contributed by atoms with Gasteiger partial charge in [0.25, 0.3) is 0 Å². The van der Waals surface area contributed by atoms with Crippen molar-refractivity contribution in [1.29, 1.82) is 0 Å². The smallest absolute Gasteiger partial charge is 0.213 e. The van der Waals surface area contributed by atoms with E-state index >= 15 is 0 Å². The van der Waals surface area contributed by atoms with E-state index in [-0.39, 0.29) is 11.8 Å². The van der Waals surface area contributed by atoms with Crippen LogP contribution in [0.5, 0.6) is 0 Å². The fourth-order valence-corrected chi connectivity index (χ4v) is 3.78. The van der Waals surface area contributed by atoms with Crippen LogP contribution in [0.4, 0.5) is 0 Å². The molecular formula is C12H18Cl4O7. The van der Waals surface area contributed by atoms with E-state index in [4.69, 9.17) is 60.6 Å². The fourth-order valence-electron chi connectivity index (χ4n) is 2.53. The standard InChI is InChI=1S/C12H18Cl4O7/c13-1-4-7(16)10(20)12(3-14,22-4)23-11-9(19)8(18)6(15)5(2-17)21-11/h4-11,17-20H,1-3H2/t4-,5-,6+,7-,8+,9-,10+,11-,12+/m1/s1. The summed E-state index contributed by atoms with van der Waals surface area (Å²) in [6.07, 6.45) is -7.47. The molecule has 11 heteroatoms. The molecule has 2 heterocycles. The first-order chi connectivity index (χ1) is 10.8. The minimum Gasteiger partial charge on any atom is -0.394 e. The maximum atomic E-state index is 10.3. The van der Waals surface area contributed by atoms with Crippen molar-refractivity contribution in [2.45, 2.75) is 53.4 Å². The Labute approximate surface area is 152 Å². The van der Waals surface area contributed by atoms with E-state index in [2.05, 4.69) is 0 Å². The van der Waals surface area contributed by atoms with E-state index in [1.165, 1.54) is 0 Å². The van der Waals surface area contributed by atoms with E-state index < -0.39 is 60.0 Å². The zero-order chi connectivity index (χ0) is 17.4. The zero-order valence-electron chi connectivity index (χ0n) is 11.8. The summed E-state index contributed by atoms with van der Waals surface area (Å²) in [5.74, 6) is -2.12. The number of ether oxygens (including phenoxy) is 3. The van der Waals surface area contributed by atoms with Crippen LogP contribution in [-0.4, -0.2) is 92.1 Å². The summed E-state index contributed by atoms with van der Waals surface area (Å²) in [7, 11) is 0. The van der Waals surface area contributed by atoms with E-state index in [9.17, 15) is 20.4 Å². The van der Waals surface area contributed by atoms with Crippen molar-refractivity contribution >= 4 is 46.4 Å². The Kier molecular flexibility index (Phi) is 7.07. The molecule has 2 saturated heterocycles. The summed E-state index contributed by atoms with van der Waals surface area (Å²) in [6, 6.07) is 0. The summed E-state index contributed by atoms with van der Waals surface area (Å²) in [5.41, 5.74) is 0. The number of aliphatic hydroxyl groups is 4. The van der Waals surface area contributed by atoms with Crippen LogP contribution in [0.2, 0.25) is 0 Å². The number of alkyl halides is 4. The van der Waals surface area contributed by atoms with Crippen molar-refractivity contribution < 1.29 is 34.6 Å². The molecule has 0 aromatic heterocycles. The zero-order valence-corrected chi connectivity index (χ0v) is 14.8. The van der Waals surface area contributed by atoms with Gasteiger partial charge in [-0.2, -0.15) is 0 Å². The molecular weight excluding hydrogens is 398 g/mol.